The van der Waals surface area contributed by atoms with Crippen molar-refractivity contribution < 1.29 is 19.8 Å². The van der Waals surface area contributed by atoms with Gasteiger partial charge in [-0.3, -0.25) is 14.6 Å². The van der Waals surface area contributed by atoms with E-state index in [1.165, 1.54) is 11.3 Å². The lowest BCUT2D eigenvalue weighted by atomic mass is 9.86. The van der Waals surface area contributed by atoms with Crippen molar-refractivity contribution in [1.29, 1.82) is 0 Å². The van der Waals surface area contributed by atoms with Gasteiger partial charge in [0.25, 0.3) is 0 Å². The Balaban J connectivity index is 2.09. The van der Waals surface area contributed by atoms with Crippen molar-refractivity contribution in [3.05, 3.63) is 49.8 Å². The van der Waals surface area contributed by atoms with Crippen LogP contribution in [0.3, 0.4) is 0 Å². The second-order valence-electron chi connectivity index (χ2n) is 5.23. The zero-order chi connectivity index (χ0) is 16.7. The van der Waals surface area contributed by atoms with Crippen molar-refractivity contribution in [2.45, 2.75) is 19.8 Å². The molecule has 0 bridgehead atoms. The van der Waals surface area contributed by atoms with E-state index in [9.17, 15) is 14.7 Å². The van der Waals surface area contributed by atoms with Crippen LogP contribution in [0.5, 0.6) is 0 Å². The second kappa shape index (κ2) is 5.79. The van der Waals surface area contributed by atoms with Gasteiger partial charge in [0.15, 0.2) is 0 Å². The van der Waals surface area contributed by atoms with Gasteiger partial charge in [-0.1, -0.05) is 11.6 Å². The molecule has 1 aromatic rings. The lowest BCUT2D eigenvalue weighted by Gasteiger charge is -2.19. The van der Waals surface area contributed by atoms with E-state index in [1.54, 1.807) is 23.8 Å². The summed E-state index contributed by atoms with van der Waals surface area (Å²) in [5.41, 5.74) is 2.67. The summed E-state index contributed by atoms with van der Waals surface area (Å²) in [5.74, 6) is -1.61. The number of thiophene rings is 1. The van der Waals surface area contributed by atoms with E-state index in [0.29, 0.717) is 28.1 Å². The first-order valence-electron chi connectivity index (χ1n) is 6.79. The number of aliphatic hydroxyl groups is 1. The molecule has 7 heteroatoms. The maximum atomic E-state index is 12.5. The number of halogens is 1. The van der Waals surface area contributed by atoms with Crippen LogP contribution in [-0.4, -0.2) is 27.7 Å². The first-order valence-corrected chi connectivity index (χ1v) is 8.11. The summed E-state index contributed by atoms with van der Waals surface area (Å²) in [6.45, 7) is 1.69. The molecule has 0 unspecified atom stereocenters. The quantitative estimate of drug-likeness (QED) is 0.643. The molecule has 0 saturated carbocycles. The SMILES string of the molecule is CC1=C(CC(=O)O)C2=C(Cl)C(=O)C(=C(O)c3ccsc3)CC2=N1. The molecule has 0 atom stereocenters. The maximum Gasteiger partial charge on any atom is 0.307 e. The van der Waals surface area contributed by atoms with Crippen LogP contribution in [0.4, 0.5) is 0 Å². The number of hydrogen-bond donors (Lipinski definition) is 2. The number of rotatable bonds is 3. The van der Waals surface area contributed by atoms with Gasteiger partial charge in [0, 0.05) is 34.2 Å². The molecule has 2 N–H and O–H groups in total. The summed E-state index contributed by atoms with van der Waals surface area (Å²) in [6.07, 6.45) is -0.111. The minimum Gasteiger partial charge on any atom is -0.507 e. The second-order valence-corrected chi connectivity index (χ2v) is 6.39. The Kier molecular flexibility index (Phi) is 3.95. The fourth-order valence-corrected chi connectivity index (χ4v) is 3.67. The lowest BCUT2D eigenvalue weighted by molar-refractivity contribution is -0.136. The van der Waals surface area contributed by atoms with E-state index in [1.807, 2.05) is 0 Å². The summed E-state index contributed by atoms with van der Waals surface area (Å²) in [6, 6.07) is 1.71. The molecule has 0 amide bonds. The Hall–Kier alpha value is -2.18. The van der Waals surface area contributed by atoms with Crippen molar-refractivity contribution in [1.82, 2.24) is 0 Å². The monoisotopic (exact) mass is 349 g/mol. The molecule has 0 aromatic carbocycles. The summed E-state index contributed by atoms with van der Waals surface area (Å²) in [7, 11) is 0. The van der Waals surface area contributed by atoms with Crippen molar-refractivity contribution in [2.75, 3.05) is 0 Å². The highest BCUT2D eigenvalue weighted by Crippen LogP contribution is 2.40. The number of carbonyl (C=O) groups excluding carboxylic acids is 1. The zero-order valence-corrected chi connectivity index (χ0v) is 13.7. The van der Waals surface area contributed by atoms with E-state index in [2.05, 4.69) is 4.99 Å². The Bertz CT molecular complexity index is 843. The number of Topliss-reactive ketones (excluding diaryl/α,β-unsaturated/α-hetero) is 1. The van der Waals surface area contributed by atoms with Gasteiger partial charge in [-0.05, 0) is 23.9 Å². The Morgan fingerprint density at radius 2 is 2.17 bits per heavy atom. The molecule has 23 heavy (non-hydrogen) atoms. The molecule has 0 saturated heterocycles. The highest BCUT2D eigenvalue weighted by atomic mass is 35.5. The Morgan fingerprint density at radius 1 is 1.43 bits per heavy atom. The number of fused-ring (bicyclic) bond motifs is 1. The fraction of sp³-hybridized carbons (Fsp3) is 0.188. The number of ketones is 1. The average Bonchev–Trinajstić information content (AvgIpc) is 3.11. The number of aliphatic hydroxyl groups excluding tert-OH is 1. The van der Waals surface area contributed by atoms with Crippen LogP contribution < -0.4 is 0 Å². The minimum atomic E-state index is -1.01. The summed E-state index contributed by atoms with van der Waals surface area (Å²) in [4.78, 5) is 27.9. The Morgan fingerprint density at radius 3 is 2.78 bits per heavy atom. The third-order valence-corrected chi connectivity index (χ3v) is 4.82. The van der Waals surface area contributed by atoms with E-state index in [4.69, 9.17) is 16.7 Å². The van der Waals surface area contributed by atoms with E-state index >= 15 is 0 Å². The summed E-state index contributed by atoms with van der Waals surface area (Å²) >= 11 is 7.60. The molecule has 2 aliphatic rings. The van der Waals surface area contributed by atoms with Crippen LogP contribution in [0.2, 0.25) is 0 Å². The highest BCUT2D eigenvalue weighted by Gasteiger charge is 2.36. The molecule has 118 valence electrons. The van der Waals surface area contributed by atoms with Gasteiger partial charge in [-0.2, -0.15) is 11.3 Å². The molecule has 1 aromatic heterocycles. The van der Waals surface area contributed by atoms with Crippen molar-refractivity contribution in [3.63, 3.8) is 0 Å². The third-order valence-electron chi connectivity index (χ3n) is 3.78. The number of nitrogens with zero attached hydrogens (tertiary/aromatic N) is 1. The van der Waals surface area contributed by atoms with E-state index < -0.39 is 11.8 Å². The van der Waals surface area contributed by atoms with Gasteiger partial charge in [0.05, 0.1) is 17.2 Å². The lowest BCUT2D eigenvalue weighted by Crippen LogP contribution is -2.21. The molecule has 1 aliphatic carbocycles. The highest BCUT2D eigenvalue weighted by molar-refractivity contribution is 7.08. The molecule has 3 rings (SSSR count). The predicted molar refractivity (Wildman–Crippen MR) is 88.8 cm³/mol. The van der Waals surface area contributed by atoms with Gasteiger partial charge in [-0.15, -0.1) is 0 Å². The zero-order valence-electron chi connectivity index (χ0n) is 12.1. The van der Waals surface area contributed by atoms with Crippen LogP contribution in [-0.2, 0) is 9.59 Å². The van der Waals surface area contributed by atoms with Gasteiger partial charge in [0.1, 0.15) is 5.76 Å². The molecule has 1 aliphatic heterocycles. The van der Waals surface area contributed by atoms with Crippen molar-refractivity contribution in [3.8, 4) is 0 Å². The fourth-order valence-electron chi connectivity index (χ4n) is 2.69. The standard InChI is InChI=1S/C16H12ClNO4S/c1-7-9(5-12(19)20)13-11(18-7)4-10(16(22)14(13)17)15(21)8-2-3-23-6-8/h2-3,6,21H,4-5H2,1H3,(H,19,20). The van der Waals surface area contributed by atoms with Crippen LogP contribution in [0.15, 0.2) is 49.3 Å². The maximum absolute atomic E-state index is 12.5. The minimum absolute atomic E-state index is 0.0834. The molecule has 0 fully saturated rings. The van der Waals surface area contributed by atoms with Gasteiger partial charge in [-0.25, -0.2) is 0 Å². The van der Waals surface area contributed by atoms with Gasteiger partial charge < -0.3 is 10.2 Å². The third kappa shape index (κ3) is 2.64. The molecule has 0 radical (unpaired) electrons. The Labute approximate surface area is 140 Å². The van der Waals surface area contributed by atoms with Crippen LogP contribution in [0.25, 0.3) is 5.76 Å². The molecule has 2 heterocycles. The summed E-state index contributed by atoms with van der Waals surface area (Å²) in [5, 5.41) is 22.8. The van der Waals surface area contributed by atoms with Crippen LogP contribution in [0.1, 0.15) is 25.3 Å². The molecular formula is C16H12ClNO4S. The van der Waals surface area contributed by atoms with E-state index in [-0.39, 0.29) is 29.2 Å². The van der Waals surface area contributed by atoms with E-state index in [0.717, 1.165) is 0 Å². The largest absolute Gasteiger partial charge is 0.507 e. The van der Waals surface area contributed by atoms with Crippen LogP contribution in [0, 0.1) is 0 Å². The molecule has 5 nitrogen and oxygen atoms in total. The predicted octanol–water partition coefficient (Wildman–Crippen LogP) is 3.69. The van der Waals surface area contributed by atoms with Gasteiger partial charge >= 0.3 is 5.97 Å². The normalized spacial score (nSPS) is 19.9. The van der Waals surface area contributed by atoms with Gasteiger partial charge in [0.2, 0.25) is 5.78 Å². The number of carbonyl (C=O) groups is 2. The topological polar surface area (TPSA) is 87.0 Å². The molecular weight excluding hydrogens is 338 g/mol. The average molecular weight is 350 g/mol. The number of carboxylic acids is 1. The molecule has 0 spiro atoms. The number of carboxylic acid groups (broad SMARTS) is 1. The van der Waals surface area contributed by atoms with Crippen LogP contribution >= 0.6 is 22.9 Å². The first kappa shape index (κ1) is 15.7. The smallest absolute Gasteiger partial charge is 0.307 e. The van der Waals surface area contributed by atoms with Crippen molar-refractivity contribution >= 4 is 46.2 Å². The number of hydrogen-bond acceptors (Lipinski definition) is 5. The number of aliphatic imine (C=N–C) groups is 1. The summed E-state index contributed by atoms with van der Waals surface area (Å²) < 4.78 is 0. The van der Waals surface area contributed by atoms with Crippen molar-refractivity contribution in [2.24, 2.45) is 4.99 Å². The number of allylic oxidation sites excluding steroid dienone is 4. The first-order chi connectivity index (χ1) is 10.9. The number of aliphatic carboxylic acids is 1.